The summed E-state index contributed by atoms with van der Waals surface area (Å²) >= 11 is 0. The third-order valence-corrected chi connectivity index (χ3v) is 6.40. The molecule has 2 saturated heterocycles. The zero-order valence-corrected chi connectivity index (χ0v) is 16.3. The molecule has 3 aliphatic rings. The molecule has 0 unspecified atom stereocenters. The lowest BCUT2D eigenvalue weighted by atomic mass is 9.52. The standard InChI is InChI=1S/C21H27NO5/c1-19(2,3)27-18(25)21-14(11-23)10-16(21)20(4)22(17(21)24)15(12-26-20)13-8-6-5-7-9-13/h5-9,14-16,23H,10-12H2,1-4H3/t14-,15+,16-,20+,21+/m0/s1. The fourth-order valence-corrected chi connectivity index (χ4v) is 5.15. The van der Waals surface area contributed by atoms with Crippen molar-refractivity contribution in [1.29, 1.82) is 0 Å². The van der Waals surface area contributed by atoms with Gasteiger partial charge in [-0.15, -0.1) is 0 Å². The van der Waals surface area contributed by atoms with E-state index in [1.54, 1.807) is 25.7 Å². The number of rotatable bonds is 3. The Labute approximate surface area is 159 Å². The number of benzene rings is 1. The van der Waals surface area contributed by atoms with Gasteiger partial charge in [0.15, 0.2) is 5.41 Å². The highest BCUT2D eigenvalue weighted by atomic mass is 16.6. The number of fused-ring (bicyclic) bond motifs is 3. The predicted molar refractivity (Wildman–Crippen MR) is 97.3 cm³/mol. The quantitative estimate of drug-likeness (QED) is 0.650. The Bertz CT molecular complexity index is 773. The van der Waals surface area contributed by atoms with Gasteiger partial charge in [-0.25, -0.2) is 0 Å². The Kier molecular flexibility index (Phi) is 3.95. The van der Waals surface area contributed by atoms with Gasteiger partial charge >= 0.3 is 5.97 Å². The minimum Gasteiger partial charge on any atom is -0.459 e. The molecule has 4 rings (SSSR count). The number of carbonyl (C=O) groups excluding carboxylic acids is 2. The molecule has 146 valence electrons. The molecule has 2 aliphatic heterocycles. The van der Waals surface area contributed by atoms with Gasteiger partial charge in [0, 0.05) is 18.4 Å². The lowest BCUT2D eigenvalue weighted by molar-refractivity contribution is -0.202. The molecule has 1 aromatic carbocycles. The highest BCUT2D eigenvalue weighted by Gasteiger charge is 2.80. The first-order valence-electron chi connectivity index (χ1n) is 9.53. The Hall–Kier alpha value is -1.92. The van der Waals surface area contributed by atoms with Crippen LogP contribution in [0, 0.1) is 17.3 Å². The molecule has 1 saturated carbocycles. The van der Waals surface area contributed by atoms with Crippen LogP contribution in [0.15, 0.2) is 30.3 Å². The van der Waals surface area contributed by atoms with Crippen LogP contribution in [0.5, 0.6) is 0 Å². The minimum absolute atomic E-state index is 0.221. The van der Waals surface area contributed by atoms with Crippen LogP contribution in [-0.4, -0.2) is 46.4 Å². The number of aliphatic hydroxyl groups excluding tert-OH is 1. The summed E-state index contributed by atoms with van der Waals surface area (Å²) in [5.74, 6) is -1.58. The highest BCUT2D eigenvalue weighted by Crippen LogP contribution is 2.67. The maximum Gasteiger partial charge on any atom is 0.323 e. The van der Waals surface area contributed by atoms with Crippen molar-refractivity contribution in [1.82, 2.24) is 4.90 Å². The number of hydrogen-bond donors (Lipinski definition) is 1. The van der Waals surface area contributed by atoms with Gasteiger partial charge in [-0.3, -0.25) is 9.59 Å². The van der Waals surface area contributed by atoms with Crippen LogP contribution in [0.25, 0.3) is 0 Å². The predicted octanol–water partition coefficient (Wildman–Crippen LogP) is 2.27. The Morgan fingerprint density at radius 1 is 1.33 bits per heavy atom. The molecule has 1 aliphatic carbocycles. The van der Waals surface area contributed by atoms with Crippen molar-refractivity contribution in [2.24, 2.45) is 17.3 Å². The first-order valence-corrected chi connectivity index (χ1v) is 9.53. The third-order valence-electron chi connectivity index (χ3n) is 6.40. The zero-order valence-electron chi connectivity index (χ0n) is 16.3. The average molecular weight is 373 g/mol. The van der Waals surface area contributed by atoms with E-state index in [2.05, 4.69) is 0 Å². The molecule has 6 heteroatoms. The topological polar surface area (TPSA) is 76.1 Å². The fraction of sp³-hybridized carbons (Fsp3) is 0.619. The van der Waals surface area contributed by atoms with Crippen molar-refractivity contribution >= 4 is 11.9 Å². The summed E-state index contributed by atoms with van der Waals surface area (Å²) in [7, 11) is 0. The fourth-order valence-electron chi connectivity index (χ4n) is 5.15. The van der Waals surface area contributed by atoms with E-state index in [0.717, 1.165) is 5.56 Å². The van der Waals surface area contributed by atoms with E-state index < -0.39 is 28.6 Å². The lowest BCUT2D eigenvalue weighted by Gasteiger charge is -2.50. The molecule has 27 heavy (non-hydrogen) atoms. The van der Waals surface area contributed by atoms with E-state index >= 15 is 0 Å². The average Bonchev–Trinajstić information content (AvgIpc) is 2.97. The van der Waals surface area contributed by atoms with Crippen molar-refractivity contribution in [2.75, 3.05) is 13.2 Å². The summed E-state index contributed by atoms with van der Waals surface area (Å²) in [6.07, 6.45) is 0.565. The molecule has 2 heterocycles. The smallest absolute Gasteiger partial charge is 0.323 e. The molecule has 3 fully saturated rings. The number of ether oxygens (including phenoxy) is 2. The second-order valence-corrected chi connectivity index (χ2v) is 9.01. The number of nitrogens with zero attached hydrogens (tertiary/aromatic N) is 1. The maximum absolute atomic E-state index is 13.7. The van der Waals surface area contributed by atoms with Crippen LogP contribution >= 0.6 is 0 Å². The summed E-state index contributed by atoms with van der Waals surface area (Å²) < 4.78 is 11.8. The monoisotopic (exact) mass is 373 g/mol. The van der Waals surface area contributed by atoms with Crippen LogP contribution in [0.3, 0.4) is 0 Å². The van der Waals surface area contributed by atoms with Gasteiger partial charge in [0.05, 0.1) is 12.6 Å². The summed E-state index contributed by atoms with van der Waals surface area (Å²) in [6, 6.07) is 9.49. The van der Waals surface area contributed by atoms with Crippen LogP contribution in [0.4, 0.5) is 0 Å². The Balaban J connectivity index is 1.76. The van der Waals surface area contributed by atoms with Gasteiger partial charge in [-0.1, -0.05) is 30.3 Å². The van der Waals surface area contributed by atoms with E-state index in [1.807, 2.05) is 37.3 Å². The molecule has 0 radical (unpaired) electrons. The van der Waals surface area contributed by atoms with Gasteiger partial charge in [0.2, 0.25) is 5.91 Å². The second kappa shape index (κ2) is 5.79. The van der Waals surface area contributed by atoms with Crippen molar-refractivity contribution in [3.63, 3.8) is 0 Å². The largest absolute Gasteiger partial charge is 0.459 e. The molecular formula is C21H27NO5. The molecule has 0 bridgehead atoms. The lowest BCUT2D eigenvalue weighted by Crippen LogP contribution is -2.62. The van der Waals surface area contributed by atoms with E-state index in [-0.39, 0.29) is 24.5 Å². The normalized spacial score (nSPS) is 37.6. The van der Waals surface area contributed by atoms with Crippen molar-refractivity contribution in [3.05, 3.63) is 35.9 Å². The van der Waals surface area contributed by atoms with Crippen molar-refractivity contribution < 1.29 is 24.2 Å². The number of hydrogen-bond acceptors (Lipinski definition) is 5. The molecule has 5 atom stereocenters. The van der Waals surface area contributed by atoms with Crippen molar-refractivity contribution in [2.45, 2.75) is 51.5 Å². The van der Waals surface area contributed by atoms with Gasteiger partial charge < -0.3 is 19.5 Å². The van der Waals surface area contributed by atoms with Gasteiger partial charge in [0.1, 0.15) is 11.3 Å². The molecule has 0 aromatic heterocycles. The minimum atomic E-state index is -1.36. The van der Waals surface area contributed by atoms with Crippen LogP contribution in [-0.2, 0) is 19.1 Å². The number of carbonyl (C=O) groups is 2. The van der Waals surface area contributed by atoms with Gasteiger partial charge in [-0.2, -0.15) is 0 Å². The summed E-state index contributed by atoms with van der Waals surface area (Å²) in [5, 5.41) is 9.87. The van der Waals surface area contributed by atoms with E-state index in [0.29, 0.717) is 13.0 Å². The molecular weight excluding hydrogens is 346 g/mol. The summed E-state index contributed by atoms with van der Waals surface area (Å²) in [6.45, 7) is 7.43. The second-order valence-electron chi connectivity index (χ2n) is 9.01. The number of esters is 1. The number of aliphatic hydroxyl groups is 1. The third kappa shape index (κ3) is 2.32. The molecule has 6 nitrogen and oxygen atoms in total. The van der Waals surface area contributed by atoms with Gasteiger partial charge in [0.25, 0.3) is 0 Å². The van der Waals surface area contributed by atoms with Crippen molar-refractivity contribution in [3.8, 4) is 0 Å². The zero-order chi connectivity index (χ0) is 19.6. The Morgan fingerprint density at radius 2 is 2.00 bits per heavy atom. The molecule has 1 aromatic rings. The van der Waals surface area contributed by atoms with E-state index in [9.17, 15) is 14.7 Å². The van der Waals surface area contributed by atoms with Gasteiger partial charge in [-0.05, 0) is 39.7 Å². The Morgan fingerprint density at radius 3 is 2.59 bits per heavy atom. The van der Waals surface area contributed by atoms with Crippen LogP contribution in [0.2, 0.25) is 0 Å². The van der Waals surface area contributed by atoms with E-state index in [4.69, 9.17) is 9.47 Å². The molecule has 0 spiro atoms. The highest BCUT2D eigenvalue weighted by molar-refractivity contribution is 6.07. The van der Waals surface area contributed by atoms with Crippen LogP contribution in [0.1, 0.15) is 45.7 Å². The van der Waals surface area contributed by atoms with E-state index in [1.165, 1.54) is 0 Å². The first kappa shape index (κ1) is 18.4. The summed E-state index contributed by atoms with van der Waals surface area (Å²) in [5.41, 5.74) is -1.94. The maximum atomic E-state index is 13.7. The molecule has 1 amide bonds. The summed E-state index contributed by atoms with van der Waals surface area (Å²) in [4.78, 5) is 28.6. The SMILES string of the molecule is CC(C)(C)OC(=O)[C@@]12C(=O)N3[C@@H](c4ccccc4)CO[C@]3(C)[C@@H]1C[C@H]2CO. The molecule has 1 N–H and O–H groups in total. The number of amides is 1. The first-order chi connectivity index (χ1) is 12.7. The van der Waals surface area contributed by atoms with Crippen LogP contribution < -0.4 is 0 Å².